The summed E-state index contributed by atoms with van der Waals surface area (Å²) in [4.78, 5) is 24.9. The van der Waals surface area contributed by atoms with Crippen molar-refractivity contribution in [2.45, 2.75) is 19.3 Å². The van der Waals surface area contributed by atoms with Crippen LogP contribution in [-0.2, 0) is 11.2 Å². The number of hydrogen-bond acceptors (Lipinski definition) is 3. The van der Waals surface area contributed by atoms with Gasteiger partial charge >= 0.3 is 0 Å². The highest BCUT2D eigenvalue weighted by atomic mass is 35.5. The molecule has 3 nitrogen and oxygen atoms in total. The van der Waals surface area contributed by atoms with E-state index in [1.807, 2.05) is 17.5 Å². The fraction of sp³-hybridized carbons (Fsp3) is 0.250. The SMILES string of the molecule is O=C(CCC(=O)c1cccc(Cl)c1)NCCc1cccs1. The minimum absolute atomic E-state index is 0.0640. The molecule has 0 radical (unpaired) electrons. The van der Waals surface area contributed by atoms with Gasteiger partial charge in [-0.15, -0.1) is 11.3 Å². The molecule has 0 bridgehead atoms. The quantitative estimate of drug-likeness (QED) is 0.790. The fourth-order valence-electron chi connectivity index (χ4n) is 1.90. The second-order valence-corrected chi connectivity index (χ2v) is 6.08. The Balaban J connectivity index is 1.70. The van der Waals surface area contributed by atoms with Gasteiger partial charge in [-0.05, 0) is 30.0 Å². The minimum atomic E-state index is -0.0954. The average molecular weight is 322 g/mol. The third-order valence-electron chi connectivity index (χ3n) is 3.00. The Morgan fingerprint density at radius 1 is 1.14 bits per heavy atom. The molecule has 0 spiro atoms. The number of nitrogens with one attached hydrogen (secondary N) is 1. The van der Waals surface area contributed by atoms with Gasteiger partial charge in [0.15, 0.2) is 5.78 Å². The molecular formula is C16H16ClNO2S. The predicted octanol–water partition coefficient (Wildman–Crippen LogP) is 3.72. The van der Waals surface area contributed by atoms with Crippen LogP contribution in [0.5, 0.6) is 0 Å². The molecule has 21 heavy (non-hydrogen) atoms. The number of ketones is 1. The molecule has 0 unspecified atom stereocenters. The first-order valence-corrected chi connectivity index (χ1v) is 7.99. The lowest BCUT2D eigenvalue weighted by molar-refractivity contribution is -0.121. The molecule has 1 aromatic carbocycles. The van der Waals surface area contributed by atoms with E-state index >= 15 is 0 Å². The molecule has 1 N–H and O–H groups in total. The zero-order valence-corrected chi connectivity index (χ0v) is 13.0. The molecule has 1 amide bonds. The number of carbonyl (C=O) groups excluding carboxylic acids is 2. The van der Waals surface area contributed by atoms with E-state index in [2.05, 4.69) is 5.32 Å². The normalized spacial score (nSPS) is 10.3. The second kappa shape index (κ2) is 7.96. The van der Waals surface area contributed by atoms with Crippen LogP contribution < -0.4 is 5.32 Å². The number of halogens is 1. The molecule has 0 saturated heterocycles. The zero-order chi connectivity index (χ0) is 15.1. The third-order valence-corrected chi connectivity index (χ3v) is 4.17. The Hall–Kier alpha value is -1.65. The summed E-state index contributed by atoms with van der Waals surface area (Å²) in [6, 6.07) is 10.8. The molecule has 2 aromatic rings. The first kappa shape index (κ1) is 15.7. The van der Waals surface area contributed by atoms with E-state index < -0.39 is 0 Å². The first-order valence-electron chi connectivity index (χ1n) is 6.73. The maximum atomic E-state index is 11.9. The number of thiophene rings is 1. The number of amides is 1. The van der Waals surface area contributed by atoms with Crippen molar-refractivity contribution in [2.75, 3.05) is 6.54 Å². The van der Waals surface area contributed by atoms with E-state index in [9.17, 15) is 9.59 Å². The summed E-state index contributed by atoms with van der Waals surface area (Å²) in [6.45, 7) is 0.602. The maximum absolute atomic E-state index is 11.9. The minimum Gasteiger partial charge on any atom is -0.356 e. The molecule has 0 saturated carbocycles. The summed E-state index contributed by atoms with van der Waals surface area (Å²) in [7, 11) is 0. The van der Waals surface area contributed by atoms with Crippen LogP contribution in [-0.4, -0.2) is 18.2 Å². The fourth-order valence-corrected chi connectivity index (χ4v) is 2.80. The lowest BCUT2D eigenvalue weighted by Crippen LogP contribution is -2.25. The predicted molar refractivity (Wildman–Crippen MR) is 86.0 cm³/mol. The van der Waals surface area contributed by atoms with Crippen molar-refractivity contribution in [1.29, 1.82) is 0 Å². The summed E-state index contributed by atoms with van der Waals surface area (Å²) in [5.41, 5.74) is 0.550. The molecular weight excluding hydrogens is 306 g/mol. The van der Waals surface area contributed by atoms with Crippen molar-refractivity contribution in [3.05, 3.63) is 57.2 Å². The van der Waals surface area contributed by atoms with Crippen molar-refractivity contribution in [3.8, 4) is 0 Å². The highest BCUT2D eigenvalue weighted by Gasteiger charge is 2.09. The molecule has 2 rings (SSSR count). The van der Waals surface area contributed by atoms with E-state index in [1.165, 1.54) is 4.88 Å². The Morgan fingerprint density at radius 3 is 2.71 bits per heavy atom. The number of Topliss-reactive ketones (excluding diaryl/α,β-unsaturated/α-hetero) is 1. The van der Waals surface area contributed by atoms with Gasteiger partial charge in [-0.3, -0.25) is 9.59 Å². The van der Waals surface area contributed by atoms with E-state index in [0.717, 1.165) is 6.42 Å². The number of carbonyl (C=O) groups is 2. The highest BCUT2D eigenvalue weighted by molar-refractivity contribution is 7.09. The van der Waals surface area contributed by atoms with E-state index in [1.54, 1.807) is 35.6 Å². The summed E-state index contributed by atoms with van der Waals surface area (Å²) in [6.07, 6.45) is 1.23. The average Bonchev–Trinajstić information content (AvgIpc) is 2.98. The van der Waals surface area contributed by atoms with E-state index in [-0.39, 0.29) is 24.5 Å². The summed E-state index contributed by atoms with van der Waals surface area (Å²) >= 11 is 7.51. The van der Waals surface area contributed by atoms with Gasteiger partial charge in [0.2, 0.25) is 5.91 Å². The van der Waals surface area contributed by atoms with Gasteiger partial charge in [0.25, 0.3) is 0 Å². The van der Waals surface area contributed by atoms with Gasteiger partial charge in [-0.1, -0.05) is 29.8 Å². The number of rotatable bonds is 7. The molecule has 1 aromatic heterocycles. The number of hydrogen-bond donors (Lipinski definition) is 1. The van der Waals surface area contributed by atoms with E-state index in [4.69, 9.17) is 11.6 Å². The summed E-state index contributed by atoms with van der Waals surface area (Å²) in [5, 5.41) is 5.37. The summed E-state index contributed by atoms with van der Waals surface area (Å²) in [5.74, 6) is -0.159. The number of benzene rings is 1. The van der Waals surface area contributed by atoms with Gasteiger partial charge in [-0.25, -0.2) is 0 Å². The van der Waals surface area contributed by atoms with Crippen LogP contribution in [0.3, 0.4) is 0 Å². The van der Waals surface area contributed by atoms with Crippen LogP contribution in [0.4, 0.5) is 0 Å². The van der Waals surface area contributed by atoms with Gasteiger partial charge in [-0.2, -0.15) is 0 Å². The lowest BCUT2D eigenvalue weighted by atomic mass is 10.1. The molecule has 110 valence electrons. The van der Waals surface area contributed by atoms with Crippen molar-refractivity contribution in [1.82, 2.24) is 5.32 Å². The molecule has 0 aliphatic rings. The topological polar surface area (TPSA) is 46.2 Å². The van der Waals surface area contributed by atoms with Crippen LogP contribution in [0.15, 0.2) is 41.8 Å². The lowest BCUT2D eigenvalue weighted by Gasteiger charge is -2.04. The largest absolute Gasteiger partial charge is 0.356 e. The highest BCUT2D eigenvalue weighted by Crippen LogP contribution is 2.13. The molecule has 0 aliphatic carbocycles. The Bertz CT molecular complexity index is 610. The van der Waals surface area contributed by atoms with Crippen LogP contribution in [0.2, 0.25) is 5.02 Å². The van der Waals surface area contributed by atoms with Crippen molar-refractivity contribution in [2.24, 2.45) is 0 Å². The Kier molecular flexibility index (Phi) is 5.96. The molecule has 0 aliphatic heterocycles. The van der Waals surface area contributed by atoms with Crippen LogP contribution in [0.25, 0.3) is 0 Å². The standard InChI is InChI=1S/C16H16ClNO2S/c17-13-4-1-3-12(11-13)15(19)6-7-16(20)18-9-8-14-5-2-10-21-14/h1-5,10-11H,6-9H2,(H,18,20). The molecule has 5 heteroatoms. The Labute approximate surface area is 132 Å². The van der Waals surface area contributed by atoms with Crippen LogP contribution >= 0.6 is 22.9 Å². The maximum Gasteiger partial charge on any atom is 0.220 e. The van der Waals surface area contributed by atoms with Crippen molar-refractivity contribution in [3.63, 3.8) is 0 Å². The van der Waals surface area contributed by atoms with Gasteiger partial charge in [0, 0.05) is 34.8 Å². The van der Waals surface area contributed by atoms with E-state index in [0.29, 0.717) is 17.1 Å². The first-order chi connectivity index (χ1) is 10.1. The van der Waals surface area contributed by atoms with Gasteiger partial charge < -0.3 is 5.32 Å². The van der Waals surface area contributed by atoms with Crippen molar-refractivity contribution < 1.29 is 9.59 Å². The van der Waals surface area contributed by atoms with Crippen LogP contribution in [0.1, 0.15) is 28.1 Å². The smallest absolute Gasteiger partial charge is 0.220 e. The van der Waals surface area contributed by atoms with Crippen molar-refractivity contribution >= 4 is 34.6 Å². The molecule has 0 fully saturated rings. The third kappa shape index (κ3) is 5.33. The second-order valence-electron chi connectivity index (χ2n) is 4.61. The molecule has 1 heterocycles. The zero-order valence-electron chi connectivity index (χ0n) is 11.5. The monoisotopic (exact) mass is 321 g/mol. The molecule has 0 atom stereocenters. The van der Waals surface area contributed by atoms with Gasteiger partial charge in [0.05, 0.1) is 0 Å². The van der Waals surface area contributed by atoms with Gasteiger partial charge in [0.1, 0.15) is 0 Å². The van der Waals surface area contributed by atoms with Crippen LogP contribution in [0, 0.1) is 0 Å². The summed E-state index contributed by atoms with van der Waals surface area (Å²) < 4.78 is 0. The Morgan fingerprint density at radius 2 is 2.00 bits per heavy atom.